The normalized spacial score (nSPS) is 11.4. The smallest absolute Gasteiger partial charge is 0.145 e. The highest BCUT2D eigenvalue weighted by molar-refractivity contribution is 5.62. The molecule has 184 valence electrons. The highest BCUT2D eigenvalue weighted by atomic mass is 16.5. The zero-order chi connectivity index (χ0) is 25.0. The Morgan fingerprint density at radius 3 is 1.94 bits per heavy atom. The van der Waals surface area contributed by atoms with Gasteiger partial charge in [-0.1, -0.05) is 26.7 Å². The molecule has 0 aliphatic heterocycles. The second kappa shape index (κ2) is 13.1. The molecule has 8 nitrogen and oxygen atoms in total. The predicted octanol–water partition coefficient (Wildman–Crippen LogP) is 8.34. The Morgan fingerprint density at radius 2 is 1.31 bits per heavy atom. The molecule has 3 aromatic carbocycles. The number of rotatable bonds is 12. The fraction of sp³-hybridized carbons (Fsp3) is 0.333. The standard InChI is InChI=1S/C27H33N5O3/c1-4-6-16-32(17-7-5-2)22-11-14-24(27(34)19-22)30-31-25-18-21(10-15-26(25)33)29-28-20-8-12-23(35-3)13-9-20/h8-15,18-19,33-34H,4-7,16-17H2,1-3H3. The van der Waals surface area contributed by atoms with E-state index in [1.54, 1.807) is 55.6 Å². The van der Waals surface area contributed by atoms with E-state index in [0.29, 0.717) is 17.1 Å². The van der Waals surface area contributed by atoms with E-state index in [9.17, 15) is 10.2 Å². The van der Waals surface area contributed by atoms with Crippen molar-refractivity contribution in [2.75, 3.05) is 25.1 Å². The van der Waals surface area contributed by atoms with Gasteiger partial charge >= 0.3 is 0 Å². The Kier molecular flexibility index (Phi) is 9.59. The van der Waals surface area contributed by atoms with Crippen LogP contribution in [0.3, 0.4) is 0 Å². The van der Waals surface area contributed by atoms with E-state index in [1.807, 2.05) is 6.07 Å². The molecular weight excluding hydrogens is 442 g/mol. The second-order valence-electron chi connectivity index (χ2n) is 8.14. The van der Waals surface area contributed by atoms with Crippen molar-refractivity contribution in [1.29, 1.82) is 0 Å². The summed E-state index contributed by atoms with van der Waals surface area (Å²) in [6.45, 7) is 6.23. The third-order valence-corrected chi connectivity index (χ3v) is 5.47. The first-order chi connectivity index (χ1) is 17.0. The summed E-state index contributed by atoms with van der Waals surface area (Å²) >= 11 is 0. The van der Waals surface area contributed by atoms with Crippen LogP contribution in [-0.2, 0) is 0 Å². The lowest BCUT2D eigenvalue weighted by atomic mass is 10.2. The predicted molar refractivity (Wildman–Crippen MR) is 140 cm³/mol. The van der Waals surface area contributed by atoms with Crippen LogP contribution in [0.15, 0.2) is 81.1 Å². The largest absolute Gasteiger partial charge is 0.506 e. The highest BCUT2D eigenvalue weighted by Crippen LogP contribution is 2.36. The summed E-state index contributed by atoms with van der Waals surface area (Å²) in [4.78, 5) is 2.29. The third-order valence-electron chi connectivity index (χ3n) is 5.47. The molecule has 0 fully saturated rings. The molecule has 8 heteroatoms. The molecule has 0 heterocycles. The molecule has 0 radical (unpaired) electrons. The minimum atomic E-state index is -0.0430. The summed E-state index contributed by atoms with van der Waals surface area (Å²) in [5.74, 6) is 0.736. The summed E-state index contributed by atoms with van der Waals surface area (Å²) in [7, 11) is 1.60. The fourth-order valence-corrected chi connectivity index (χ4v) is 3.39. The SMILES string of the molecule is CCCCN(CCCC)c1ccc(N=Nc2cc(N=Nc3ccc(OC)cc3)ccc2O)c(O)c1. The number of hydrogen-bond donors (Lipinski definition) is 2. The van der Waals surface area contributed by atoms with Gasteiger partial charge in [-0.3, -0.25) is 0 Å². The number of hydrogen-bond acceptors (Lipinski definition) is 8. The van der Waals surface area contributed by atoms with Crippen LogP contribution in [0.1, 0.15) is 39.5 Å². The molecule has 0 atom stereocenters. The van der Waals surface area contributed by atoms with E-state index >= 15 is 0 Å². The van der Waals surface area contributed by atoms with E-state index in [4.69, 9.17) is 4.74 Å². The Labute approximate surface area is 206 Å². The van der Waals surface area contributed by atoms with Crippen molar-refractivity contribution in [3.8, 4) is 17.2 Å². The molecule has 0 aliphatic rings. The number of unbranched alkanes of at least 4 members (excludes halogenated alkanes) is 2. The van der Waals surface area contributed by atoms with Gasteiger partial charge in [-0.2, -0.15) is 10.2 Å². The number of azo groups is 2. The number of ether oxygens (including phenoxy) is 1. The Morgan fingerprint density at radius 1 is 0.686 bits per heavy atom. The fourth-order valence-electron chi connectivity index (χ4n) is 3.39. The zero-order valence-electron chi connectivity index (χ0n) is 20.6. The molecule has 3 rings (SSSR count). The van der Waals surface area contributed by atoms with E-state index in [1.165, 1.54) is 6.07 Å². The number of nitrogens with zero attached hydrogens (tertiary/aromatic N) is 5. The number of aromatic hydroxyl groups is 2. The van der Waals surface area contributed by atoms with Gasteiger partial charge in [0.2, 0.25) is 0 Å². The molecule has 35 heavy (non-hydrogen) atoms. The maximum atomic E-state index is 10.6. The lowest BCUT2D eigenvalue weighted by molar-refractivity contribution is 0.415. The Balaban J connectivity index is 1.75. The summed E-state index contributed by atoms with van der Waals surface area (Å²) in [5.41, 5.74) is 2.69. The van der Waals surface area contributed by atoms with Crippen LogP contribution in [0.4, 0.5) is 28.4 Å². The molecule has 0 saturated carbocycles. The van der Waals surface area contributed by atoms with Crippen molar-refractivity contribution >= 4 is 28.4 Å². The highest BCUT2D eigenvalue weighted by Gasteiger charge is 2.10. The van der Waals surface area contributed by atoms with Crippen LogP contribution < -0.4 is 9.64 Å². The first-order valence-corrected chi connectivity index (χ1v) is 11.9. The molecule has 0 aliphatic carbocycles. The van der Waals surface area contributed by atoms with Crippen LogP contribution in [0, 0.1) is 0 Å². The van der Waals surface area contributed by atoms with Crippen LogP contribution in [0.2, 0.25) is 0 Å². The van der Waals surface area contributed by atoms with E-state index in [2.05, 4.69) is 39.2 Å². The van der Waals surface area contributed by atoms with E-state index in [0.717, 1.165) is 50.2 Å². The lowest BCUT2D eigenvalue weighted by Gasteiger charge is -2.25. The van der Waals surface area contributed by atoms with Gasteiger partial charge in [0.1, 0.15) is 28.6 Å². The molecule has 0 aromatic heterocycles. The number of anilines is 1. The van der Waals surface area contributed by atoms with Gasteiger partial charge < -0.3 is 19.8 Å². The van der Waals surface area contributed by atoms with Crippen molar-refractivity contribution < 1.29 is 14.9 Å². The molecule has 3 aromatic rings. The van der Waals surface area contributed by atoms with Gasteiger partial charge in [-0.25, -0.2) is 0 Å². The molecule has 2 N–H and O–H groups in total. The Hall–Kier alpha value is -3.94. The number of methoxy groups -OCH3 is 1. The molecule has 0 spiro atoms. The maximum absolute atomic E-state index is 10.6. The van der Waals surface area contributed by atoms with Crippen molar-refractivity contribution in [3.05, 3.63) is 60.7 Å². The van der Waals surface area contributed by atoms with Crippen molar-refractivity contribution in [2.24, 2.45) is 20.5 Å². The van der Waals surface area contributed by atoms with Crippen LogP contribution in [-0.4, -0.2) is 30.4 Å². The summed E-state index contributed by atoms with van der Waals surface area (Å²) in [6, 6.07) is 17.3. The third kappa shape index (κ3) is 7.53. The monoisotopic (exact) mass is 475 g/mol. The second-order valence-corrected chi connectivity index (χ2v) is 8.14. The van der Waals surface area contributed by atoms with Gasteiger partial charge in [0.15, 0.2) is 0 Å². The summed E-state index contributed by atoms with van der Waals surface area (Å²) in [6.07, 6.45) is 4.42. The van der Waals surface area contributed by atoms with Gasteiger partial charge in [-0.15, -0.1) is 10.2 Å². The van der Waals surface area contributed by atoms with Crippen LogP contribution in [0.5, 0.6) is 17.2 Å². The molecule has 0 saturated heterocycles. The van der Waals surface area contributed by atoms with E-state index < -0.39 is 0 Å². The van der Waals surface area contributed by atoms with Crippen LogP contribution in [0.25, 0.3) is 0 Å². The molecule has 0 bridgehead atoms. The first kappa shape index (κ1) is 25.7. The van der Waals surface area contributed by atoms with Gasteiger partial charge in [0, 0.05) is 24.8 Å². The molecule has 0 amide bonds. The van der Waals surface area contributed by atoms with Gasteiger partial charge in [0.05, 0.1) is 18.5 Å². The number of phenols is 2. The van der Waals surface area contributed by atoms with Crippen molar-refractivity contribution in [2.45, 2.75) is 39.5 Å². The molecule has 0 unspecified atom stereocenters. The Bertz CT molecular complexity index is 1140. The summed E-state index contributed by atoms with van der Waals surface area (Å²) in [5, 5.41) is 37.4. The minimum absolute atomic E-state index is 0.0408. The number of phenolic OH excluding ortho intramolecular Hbond substituents is 2. The van der Waals surface area contributed by atoms with Crippen molar-refractivity contribution in [3.63, 3.8) is 0 Å². The first-order valence-electron chi connectivity index (χ1n) is 11.9. The van der Waals surface area contributed by atoms with E-state index in [-0.39, 0.29) is 17.2 Å². The van der Waals surface area contributed by atoms with Gasteiger partial charge in [-0.05, 0) is 67.4 Å². The van der Waals surface area contributed by atoms with Crippen LogP contribution >= 0.6 is 0 Å². The average Bonchev–Trinajstić information content (AvgIpc) is 2.88. The number of benzene rings is 3. The van der Waals surface area contributed by atoms with Crippen molar-refractivity contribution in [1.82, 2.24) is 0 Å². The minimum Gasteiger partial charge on any atom is -0.506 e. The van der Waals surface area contributed by atoms with Gasteiger partial charge in [0.25, 0.3) is 0 Å². The summed E-state index contributed by atoms with van der Waals surface area (Å²) < 4.78 is 5.14. The maximum Gasteiger partial charge on any atom is 0.145 e. The average molecular weight is 476 g/mol. The topological polar surface area (TPSA) is 102 Å². The molecular formula is C27H33N5O3. The zero-order valence-corrected chi connectivity index (χ0v) is 20.6. The lowest BCUT2D eigenvalue weighted by Crippen LogP contribution is -2.25. The quantitative estimate of drug-likeness (QED) is 0.257.